The average molecular weight is 472 g/mol. The van der Waals surface area contributed by atoms with Crippen LogP contribution in [0.25, 0.3) is 0 Å². The Morgan fingerprint density at radius 3 is 2.21 bits per heavy atom. The van der Waals surface area contributed by atoms with Gasteiger partial charge in [-0.25, -0.2) is 0 Å². The van der Waals surface area contributed by atoms with Crippen molar-refractivity contribution < 1.29 is 19.2 Å². The molecule has 3 N–H and O–H groups in total. The minimum atomic E-state index is -0.920. The summed E-state index contributed by atoms with van der Waals surface area (Å²) in [6.07, 6.45) is 3.16. The van der Waals surface area contributed by atoms with E-state index in [-0.39, 0.29) is 6.42 Å². The lowest BCUT2D eigenvalue weighted by atomic mass is 10.0. The van der Waals surface area contributed by atoms with E-state index in [0.717, 1.165) is 18.4 Å². The summed E-state index contributed by atoms with van der Waals surface area (Å²) in [4.78, 5) is 49.4. The van der Waals surface area contributed by atoms with E-state index < -0.39 is 35.8 Å². The molecule has 0 radical (unpaired) electrons. The van der Waals surface area contributed by atoms with Crippen molar-refractivity contribution in [2.75, 3.05) is 0 Å². The third-order valence-corrected chi connectivity index (χ3v) is 5.38. The summed E-state index contributed by atoms with van der Waals surface area (Å²) < 4.78 is 0. The molecule has 0 aliphatic rings. The third-order valence-electron chi connectivity index (χ3n) is 5.12. The molecule has 0 heterocycles. The van der Waals surface area contributed by atoms with Crippen LogP contribution in [0.1, 0.15) is 49.0 Å². The number of amides is 3. The molecule has 2 rings (SSSR count). The Labute approximate surface area is 199 Å². The van der Waals surface area contributed by atoms with Crippen LogP contribution in [0, 0.1) is 0 Å². The Hall–Kier alpha value is -3.19. The van der Waals surface area contributed by atoms with Gasteiger partial charge in [0.1, 0.15) is 18.4 Å². The van der Waals surface area contributed by atoms with Crippen LogP contribution in [0.3, 0.4) is 0 Å². The van der Waals surface area contributed by atoms with Gasteiger partial charge in [-0.15, -0.1) is 0 Å². The van der Waals surface area contributed by atoms with Crippen molar-refractivity contribution in [2.45, 2.75) is 57.7 Å². The van der Waals surface area contributed by atoms with Crippen molar-refractivity contribution in [2.24, 2.45) is 0 Å². The maximum atomic E-state index is 13.0. The Kier molecular flexibility index (Phi) is 10.6. The third kappa shape index (κ3) is 8.69. The number of carbonyl (C=O) groups is 4. The monoisotopic (exact) mass is 471 g/mol. The van der Waals surface area contributed by atoms with Crippen LogP contribution in [-0.2, 0) is 20.8 Å². The van der Waals surface area contributed by atoms with Crippen LogP contribution in [0.15, 0.2) is 54.6 Å². The van der Waals surface area contributed by atoms with Gasteiger partial charge in [-0.3, -0.25) is 14.4 Å². The fourth-order valence-corrected chi connectivity index (χ4v) is 3.31. The normalized spacial score (nSPS) is 13.3. The second-order valence-electron chi connectivity index (χ2n) is 7.85. The Morgan fingerprint density at radius 1 is 0.939 bits per heavy atom. The van der Waals surface area contributed by atoms with Gasteiger partial charge < -0.3 is 20.7 Å². The number of carbonyl (C=O) groups excluding carboxylic acids is 4. The molecule has 0 aliphatic heterocycles. The highest BCUT2D eigenvalue weighted by Crippen LogP contribution is 2.12. The number of hydrogen-bond donors (Lipinski definition) is 3. The second-order valence-corrected chi connectivity index (χ2v) is 8.28. The number of aldehydes is 1. The van der Waals surface area contributed by atoms with Gasteiger partial charge in [-0.05, 0) is 43.2 Å². The first kappa shape index (κ1) is 26.1. The van der Waals surface area contributed by atoms with E-state index in [1.165, 1.54) is 6.92 Å². The molecule has 0 spiro atoms. The molecule has 0 saturated heterocycles. The van der Waals surface area contributed by atoms with Gasteiger partial charge in [-0.2, -0.15) is 0 Å². The van der Waals surface area contributed by atoms with Crippen molar-refractivity contribution in [1.29, 1.82) is 0 Å². The number of unbranched alkanes of at least 4 members (excludes halogenated alkanes) is 1. The summed E-state index contributed by atoms with van der Waals surface area (Å²) >= 11 is 5.95. The summed E-state index contributed by atoms with van der Waals surface area (Å²) in [5.74, 6) is -1.37. The molecule has 2 aromatic rings. The molecule has 8 heteroatoms. The number of benzene rings is 2. The maximum Gasteiger partial charge on any atom is 0.251 e. The predicted octanol–water partition coefficient (Wildman–Crippen LogP) is 3.06. The highest BCUT2D eigenvalue weighted by atomic mass is 35.5. The average Bonchev–Trinajstić information content (AvgIpc) is 2.82. The first-order chi connectivity index (χ1) is 15.8. The lowest BCUT2D eigenvalue weighted by molar-refractivity contribution is -0.130. The van der Waals surface area contributed by atoms with E-state index in [1.807, 2.05) is 6.92 Å². The lowest BCUT2D eigenvalue weighted by Gasteiger charge is -2.22. The quantitative estimate of drug-likeness (QED) is 0.414. The topological polar surface area (TPSA) is 104 Å². The van der Waals surface area contributed by atoms with E-state index in [0.29, 0.717) is 23.3 Å². The van der Waals surface area contributed by atoms with Crippen molar-refractivity contribution in [3.8, 4) is 0 Å². The highest BCUT2D eigenvalue weighted by Gasteiger charge is 2.26. The van der Waals surface area contributed by atoms with Crippen LogP contribution >= 0.6 is 11.6 Å². The number of nitrogens with one attached hydrogen (secondary N) is 3. The fourth-order valence-electron chi connectivity index (χ4n) is 3.18. The molecule has 0 saturated carbocycles. The number of halogens is 1. The molecule has 3 atom stereocenters. The summed E-state index contributed by atoms with van der Waals surface area (Å²) in [5, 5.41) is 8.60. The molecule has 3 amide bonds. The van der Waals surface area contributed by atoms with Crippen LogP contribution in [0.5, 0.6) is 0 Å². The number of hydrogen-bond acceptors (Lipinski definition) is 4. The van der Waals surface area contributed by atoms with Crippen molar-refractivity contribution >= 4 is 35.6 Å². The number of rotatable bonds is 12. The molecule has 0 fully saturated rings. The smallest absolute Gasteiger partial charge is 0.251 e. The minimum absolute atomic E-state index is 0.212. The minimum Gasteiger partial charge on any atom is -0.345 e. The van der Waals surface area contributed by atoms with Gasteiger partial charge in [0.25, 0.3) is 5.91 Å². The largest absolute Gasteiger partial charge is 0.345 e. The molecule has 2 aromatic carbocycles. The molecule has 0 aliphatic carbocycles. The van der Waals surface area contributed by atoms with Crippen molar-refractivity contribution in [1.82, 2.24) is 16.0 Å². The first-order valence-corrected chi connectivity index (χ1v) is 11.4. The van der Waals surface area contributed by atoms with Crippen LogP contribution in [0.4, 0.5) is 0 Å². The van der Waals surface area contributed by atoms with Gasteiger partial charge in [0, 0.05) is 17.0 Å². The zero-order chi connectivity index (χ0) is 24.2. The van der Waals surface area contributed by atoms with Crippen molar-refractivity contribution in [3.05, 3.63) is 70.7 Å². The van der Waals surface area contributed by atoms with E-state index in [9.17, 15) is 19.2 Å². The van der Waals surface area contributed by atoms with Gasteiger partial charge in [-0.1, -0.05) is 61.7 Å². The molecular weight excluding hydrogens is 442 g/mol. The zero-order valence-corrected chi connectivity index (χ0v) is 19.6. The fraction of sp³-hybridized carbons (Fsp3) is 0.360. The van der Waals surface area contributed by atoms with E-state index >= 15 is 0 Å². The molecule has 176 valence electrons. The zero-order valence-electron chi connectivity index (χ0n) is 18.8. The van der Waals surface area contributed by atoms with Gasteiger partial charge in [0.05, 0.1) is 6.04 Å². The Balaban J connectivity index is 2.09. The molecule has 33 heavy (non-hydrogen) atoms. The Bertz CT molecular complexity index is 934. The summed E-state index contributed by atoms with van der Waals surface area (Å²) in [6.45, 7) is 3.53. The van der Waals surface area contributed by atoms with Crippen LogP contribution in [0.2, 0.25) is 5.02 Å². The van der Waals surface area contributed by atoms with Crippen LogP contribution < -0.4 is 16.0 Å². The standard InChI is InChI=1S/C25H30ClN3O4/c1-3-4-10-21(16-30)28-23(31)17(2)27-25(33)22(15-18-11-13-20(26)14-12-18)29-24(32)19-8-6-5-7-9-19/h5-9,11-14,16-17,21-22H,3-4,10,15H2,1-2H3,(H,27,33)(H,28,31)(H,29,32)/t17-,21-,22-/m0/s1. The molecule has 7 nitrogen and oxygen atoms in total. The van der Waals surface area contributed by atoms with Gasteiger partial charge >= 0.3 is 0 Å². The second kappa shape index (κ2) is 13.4. The first-order valence-electron chi connectivity index (χ1n) is 11.0. The van der Waals surface area contributed by atoms with Gasteiger partial charge in [0.2, 0.25) is 11.8 Å². The summed E-state index contributed by atoms with van der Waals surface area (Å²) in [6, 6.07) is 13.1. The summed E-state index contributed by atoms with van der Waals surface area (Å²) in [7, 11) is 0. The highest BCUT2D eigenvalue weighted by molar-refractivity contribution is 6.30. The molecular formula is C25H30ClN3O4. The SMILES string of the molecule is CCCC[C@@H](C=O)NC(=O)[C@H](C)NC(=O)[C@H](Cc1ccc(Cl)cc1)NC(=O)c1ccccc1. The Morgan fingerprint density at radius 2 is 1.61 bits per heavy atom. The van der Waals surface area contributed by atoms with Crippen LogP contribution in [-0.4, -0.2) is 42.1 Å². The molecule has 0 unspecified atom stereocenters. The van der Waals surface area contributed by atoms with E-state index in [1.54, 1.807) is 54.6 Å². The van der Waals surface area contributed by atoms with Crippen molar-refractivity contribution in [3.63, 3.8) is 0 Å². The maximum absolute atomic E-state index is 13.0. The molecule has 0 aromatic heterocycles. The summed E-state index contributed by atoms with van der Waals surface area (Å²) in [5.41, 5.74) is 1.22. The van der Waals surface area contributed by atoms with Gasteiger partial charge in [0.15, 0.2) is 0 Å². The lowest BCUT2D eigenvalue weighted by Crippen LogP contribution is -2.54. The van der Waals surface area contributed by atoms with E-state index in [4.69, 9.17) is 11.6 Å². The molecule has 0 bridgehead atoms. The van der Waals surface area contributed by atoms with E-state index in [2.05, 4.69) is 16.0 Å². The predicted molar refractivity (Wildman–Crippen MR) is 128 cm³/mol.